The summed E-state index contributed by atoms with van der Waals surface area (Å²) in [5, 5.41) is 6.54. The van der Waals surface area contributed by atoms with E-state index in [1.165, 1.54) is 6.33 Å². The zero-order chi connectivity index (χ0) is 17.4. The number of hydrogen-bond donors (Lipinski definition) is 0. The molecule has 0 amide bonds. The molecule has 0 atom stereocenters. The molecule has 0 spiro atoms. The summed E-state index contributed by atoms with van der Waals surface area (Å²) in [5.74, 6) is 0.795. The van der Waals surface area contributed by atoms with Gasteiger partial charge in [-0.2, -0.15) is 5.10 Å². The zero-order valence-electron chi connectivity index (χ0n) is 12.5. The molecule has 8 heteroatoms. The monoisotopic (exact) mass is 390 g/mol. The Balaban J connectivity index is 1.79. The average Bonchev–Trinajstić information content (AvgIpc) is 3.02. The van der Waals surface area contributed by atoms with E-state index in [1.807, 2.05) is 12.1 Å². The van der Waals surface area contributed by atoms with E-state index in [0.29, 0.717) is 37.7 Å². The number of halogens is 3. The van der Waals surface area contributed by atoms with E-state index in [4.69, 9.17) is 39.5 Å². The highest BCUT2D eigenvalue weighted by atomic mass is 35.5. The van der Waals surface area contributed by atoms with Crippen LogP contribution in [0.1, 0.15) is 0 Å². The van der Waals surface area contributed by atoms with Gasteiger partial charge in [0.2, 0.25) is 5.88 Å². The standard InChI is InChI=1S/C17H9Cl3N4O/c18-10-2-1-3-12(6-10)24-16-13(8-23-24)17(22-9-21-16)25-15-5-4-11(19)7-14(15)20/h1-9H. The van der Waals surface area contributed by atoms with E-state index in [2.05, 4.69) is 15.1 Å². The van der Waals surface area contributed by atoms with E-state index in [9.17, 15) is 0 Å². The van der Waals surface area contributed by atoms with Gasteiger partial charge in [0, 0.05) is 10.0 Å². The van der Waals surface area contributed by atoms with E-state index in [0.717, 1.165) is 5.69 Å². The number of aromatic nitrogens is 4. The maximum Gasteiger partial charge on any atom is 0.233 e. The van der Waals surface area contributed by atoms with Crippen LogP contribution >= 0.6 is 34.8 Å². The SMILES string of the molecule is Clc1cccc(-n2ncc3c(Oc4ccc(Cl)cc4Cl)ncnc32)c1. The van der Waals surface area contributed by atoms with Crippen LogP contribution < -0.4 is 4.74 Å². The molecule has 0 fully saturated rings. The third kappa shape index (κ3) is 3.14. The summed E-state index contributed by atoms with van der Waals surface area (Å²) >= 11 is 18.1. The van der Waals surface area contributed by atoms with Crippen molar-refractivity contribution in [1.29, 1.82) is 0 Å². The minimum atomic E-state index is 0.350. The number of hydrogen-bond acceptors (Lipinski definition) is 4. The molecular formula is C17H9Cl3N4O. The summed E-state index contributed by atoms with van der Waals surface area (Å²) in [6, 6.07) is 12.3. The second-order valence-electron chi connectivity index (χ2n) is 5.13. The van der Waals surface area contributed by atoms with Crippen LogP contribution in [0.15, 0.2) is 55.0 Å². The fourth-order valence-corrected chi connectivity index (χ4v) is 2.99. The topological polar surface area (TPSA) is 52.8 Å². The molecule has 0 saturated heterocycles. The predicted molar refractivity (Wildman–Crippen MR) is 98.2 cm³/mol. The normalized spacial score (nSPS) is 11.0. The Bertz CT molecular complexity index is 1080. The molecule has 2 heterocycles. The summed E-state index contributed by atoms with van der Waals surface area (Å²) in [5.41, 5.74) is 1.38. The number of fused-ring (bicyclic) bond motifs is 1. The molecule has 124 valence electrons. The molecule has 5 nitrogen and oxygen atoms in total. The van der Waals surface area contributed by atoms with Gasteiger partial charge in [-0.1, -0.05) is 40.9 Å². The highest BCUT2D eigenvalue weighted by Crippen LogP contribution is 2.33. The van der Waals surface area contributed by atoms with E-state index >= 15 is 0 Å². The van der Waals surface area contributed by atoms with Gasteiger partial charge in [-0.05, 0) is 36.4 Å². The van der Waals surface area contributed by atoms with Crippen molar-refractivity contribution in [2.75, 3.05) is 0 Å². The molecule has 4 aromatic rings. The number of benzene rings is 2. The van der Waals surface area contributed by atoms with Crippen molar-refractivity contribution in [2.24, 2.45) is 0 Å². The molecule has 0 aliphatic heterocycles. The number of rotatable bonds is 3. The Labute approximate surface area is 157 Å². The van der Waals surface area contributed by atoms with Gasteiger partial charge in [0.1, 0.15) is 17.5 Å². The first-order valence-corrected chi connectivity index (χ1v) is 8.33. The lowest BCUT2D eigenvalue weighted by Gasteiger charge is -2.08. The van der Waals surface area contributed by atoms with Crippen LogP contribution in [0.5, 0.6) is 11.6 Å². The summed E-state index contributed by atoms with van der Waals surface area (Å²) in [6.07, 6.45) is 3.04. The van der Waals surface area contributed by atoms with E-state index < -0.39 is 0 Å². The first kappa shape index (κ1) is 16.1. The molecule has 0 N–H and O–H groups in total. The Morgan fingerprint density at radius 1 is 0.920 bits per heavy atom. The van der Waals surface area contributed by atoms with Crippen molar-refractivity contribution in [3.63, 3.8) is 0 Å². The fraction of sp³-hybridized carbons (Fsp3) is 0. The van der Waals surface area contributed by atoms with Gasteiger partial charge in [0.25, 0.3) is 0 Å². The summed E-state index contributed by atoms with van der Waals surface area (Å²) in [6.45, 7) is 0. The second kappa shape index (κ2) is 6.52. The van der Waals surface area contributed by atoms with Gasteiger partial charge in [-0.15, -0.1) is 0 Å². The Morgan fingerprint density at radius 2 is 1.76 bits per heavy atom. The molecule has 25 heavy (non-hydrogen) atoms. The summed E-state index contributed by atoms with van der Waals surface area (Å²) in [7, 11) is 0. The molecule has 4 rings (SSSR count). The van der Waals surface area contributed by atoms with Crippen LogP contribution in [0.25, 0.3) is 16.7 Å². The Kier molecular flexibility index (Phi) is 4.21. The minimum absolute atomic E-state index is 0.350. The van der Waals surface area contributed by atoms with Crippen molar-refractivity contribution in [3.05, 3.63) is 70.1 Å². The van der Waals surface area contributed by atoms with Crippen LogP contribution in [0.2, 0.25) is 15.1 Å². The third-order valence-electron chi connectivity index (χ3n) is 3.48. The highest BCUT2D eigenvalue weighted by Gasteiger charge is 2.14. The minimum Gasteiger partial charge on any atom is -0.437 e. The zero-order valence-corrected chi connectivity index (χ0v) is 14.8. The fourth-order valence-electron chi connectivity index (χ4n) is 2.36. The third-order valence-corrected chi connectivity index (χ3v) is 4.25. The van der Waals surface area contributed by atoms with Gasteiger partial charge in [-0.25, -0.2) is 14.6 Å². The maximum atomic E-state index is 6.16. The predicted octanol–water partition coefficient (Wildman–Crippen LogP) is 5.57. The summed E-state index contributed by atoms with van der Waals surface area (Å²) < 4.78 is 7.50. The molecule has 0 bridgehead atoms. The van der Waals surface area contributed by atoms with Crippen LogP contribution in [0.3, 0.4) is 0 Å². The van der Waals surface area contributed by atoms with Gasteiger partial charge < -0.3 is 4.74 Å². The van der Waals surface area contributed by atoms with Crippen molar-refractivity contribution in [1.82, 2.24) is 19.7 Å². The van der Waals surface area contributed by atoms with Crippen LogP contribution in [-0.4, -0.2) is 19.7 Å². The smallest absolute Gasteiger partial charge is 0.233 e. The largest absolute Gasteiger partial charge is 0.437 e. The van der Waals surface area contributed by atoms with Crippen molar-refractivity contribution in [3.8, 4) is 17.3 Å². The Hall–Kier alpha value is -2.34. The first-order valence-electron chi connectivity index (χ1n) is 7.19. The van der Waals surface area contributed by atoms with Crippen LogP contribution in [0.4, 0.5) is 0 Å². The number of ether oxygens (including phenoxy) is 1. The summed E-state index contributed by atoms with van der Waals surface area (Å²) in [4.78, 5) is 8.48. The first-order chi connectivity index (χ1) is 12.1. The van der Waals surface area contributed by atoms with Gasteiger partial charge in [-0.3, -0.25) is 0 Å². The second-order valence-corrected chi connectivity index (χ2v) is 6.41. The van der Waals surface area contributed by atoms with Gasteiger partial charge >= 0.3 is 0 Å². The lowest BCUT2D eigenvalue weighted by molar-refractivity contribution is 0.468. The average molecular weight is 392 g/mol. The van der Waals surface area contributed by atoms with E-state index in [1.54, 1.807) is 41.2 Å². The maximum absolute atomic E-state index is 6.16. The molecule has 0 unspecified atom stereocenters. The molecule has 2 aromatic carbocycles. The quantitative estimate of drug-likeness (QED) is 0.458. The van der Waals surface area contributed by atoms with Crippen LogP contribution in [-0.2, 0) is 0 Å². The lowest BCUT2D eigenvalue weighted by Crippen LogP contribution is -1.98. The Morgan fingerprint density at radius 3 is 2.56 bits per heavy atom. The molecule has 0 radical (unpaired) electrons. The van der Waals surface area contributed by atoms with Crippen LogP contribution in [0, 0.1) is 0 Å². The van der Waals surface area contributed by atoms with Crippen molar-refractivity contribution in [2.45, 2.75) is 0 Å². The molecule has 0 aliphatic rings. The lowest BCUT2D eigenvalue weighted by atomic mass is 10.3. The van der Waals surface area contributed by atoms with E-state index in [-0.39, 0.29) is 0 Å². The molecule has 2 aromatic heterocycles. The number of nitrogens with zero attached hydrogens (tertiary/aromatic N) is 4. The molecule has 0 saturated carbocycles. The van der Waals surface area contributed by atoms with Gasteiger partial charge in [0.15, 0.2) is 5.65 Å². The molecule has 0 aliphatic carbocycles. The highest BCUT2D eigenvalue weighted by molar-refractivity contribution is 6.35. The molecular weight excluding hydrogens is 383 g/mol. The van der Waals surface area contributed by atoms with Gasteiger partial charge in [0.05, 0.1) is 16.9 Å². The van der Waals surface area contributed by atoms with Crippen molar-refractivity contribution >= 4 is 45.8 Å². The van der Waals surface area contributed by atoms with Crippen molar-refractivity contribution < 1.29 is 4.74 Å².